The van der Waals surface area contributed by atoms with E-state index in [0.29, 0.717) is 16.3 Å². The smallest absolute Gasteiger partial charge is 0.338 e. The van der Waals surface area contributed by atoms with Crippen LogP contribution in [-0.4, -0.2) is 12.1 Å². The lowest BCUT2D eigenvalue weighted by atomic mass is 9.85. The molecule has 0 atom stereocenters. The molecule has 2 aromatic rings. The van der Waals surface area contributed by atoms with E-state index in [1.807, 2.05) is 0 Å². The van der Waals surface area contributed by atoms with E-state index in [0.717, 1.165) is 43.7 Å². The topological polar surface area (TPSA) is 26.3 Å². The van der Waals surface area contributed by atoms with Crippen LogP contribution >= 0.6 is 0 Å². The Hall–Kier alpha value is -1.97. The van der Waals surface area contributed by atoms with E-state index in [1.165, 1.54) is 12.8 Å². The molecule has 128 valence electrons. The minimum Gasteiger partial charge on any atom is -0.459 e. The Morgan fingerprint density at radius 2 is 1.71 bits per heavy atom. The van der Waals surface area contributed by atoms with Gasteiger partial charge in [-0.15, -0.1) is 0 Å². The number of esters is 1. The Morgan fingerprint density at radius 3 is 2.38 bits per heavy atom. The van der Waals surface area contributed by atoms with E-state index in [2.05, 4.69) is 6.92 Å². The lowest BCUT2D eigenvalue weighted by Gasteiger charge is -2.28. The molecule has 0 bridgehead atoms. The molecular weight excluding hydrogens is 310 g/mol. The van der Waals surface area contributed by atoms with Gasteiger partial charge in [0.15, 0.2) is 11.6 Å². The Kier molecular flexibility index (Phi) is 5.12. The first kappa shape index (κ1) is 16.9. The van der Waals surface area contributed by atoms with Crippen molar-refractivity contribution in [3.05, 3.63) is 47.5 Å². The Bertz CT molecular complexity index is 734. The molecule has 1 fully saturated rings. The van der Waals surface area contributed by atoms with E-state index in [4.69, 9.17) is 4.74 Å². The molecule has 24 heavy (non-hydrogen) atoms. The Morgan fingerprint density at radius 1 is 1.04 bits per heavy atom. The minimum absolute atomic E-state index is 0.0359. The highest BCUT2D eigenvalue weighted by molar-refractivity contribution is 5.95. The lowest BCUT2D eigenvalue weighted by Crippen LogP contribution is -2.24. The summed E-state index contributed by atoms with van der Waals surface area (Å²) in [6.45, 7) is 2.19. The zero-order chi connectivity index (χ0) is 17.1. The number of hydrogen-bond acceptors (Lipinski definition) is 2. The van der Waals surface area contributed by atoms with Crippen molar-refractivity contribution in [2.75, 3.05) is 0 Å². The number of fused-ring (bicyclic) bond motifs is 1. The van der Waals surface area contributed by atoms with Crippen molar-refractivity contribution >= 4 is 16.7 Å². The molecule has 0 N–H and O–H groups in total. The van der Waals surface area contributed by atoms with Crippen molar-refractivity contribution in [3.63, 3.8) is 0 Å². The summed E-state index contributed by atoms with van der Waals surface area (Å²) in [6.07, 6.45) is 6.43. The van der Waals surface area contributed by atoms with Crippen molar-refractivity contribution in [1.29, 1.82) is 0 Å². The van der Waals surface area contributed by atoms with E-state index < -0.39 is 11.6 Å². The third-order valence-corrected chi connectivity index (χ3v) is 4.88. The number of hydrogen-bond donors (Lipinski definition) is 0. The molecular formula is C20H22F2O2. The first-order valence-corrected chi connectivity index (χ1v) is 8.66. The summed E-state index contributed by atoms with van der Waals surface area (Å²) >= 11 is 0. The number of ether oxygens (including phenoxy) is 1. The van der Waals surface area contributed by atoms with Crippen LogP contribution in [0.4, 0.5) is 8.78 Å². The highest BCUT2D eigenvalue weighted by atomic mass is 19.2. The van der Waals surface area contributed by atoms with Crippen LogP contribution in [0, 0.1) is 17.6 Å². The molecule has 0 spiro atoms. The fourth-order valence-corrected chi connectivity index (χ4v) is 3.54. The summed E-state index contributed by atoms with van der Waals surface area (Å²) in [5, 5.41) is 1.06. The summed E-state index contributed by atoms with van der Waals surface area (Å²) in [5.41, 5.74) is 0.379. The fourth-order valence-electron chi connectivity index (χ4n) is 3.54. The van der Waals surface area contributed by atoms with Gasteiger partial charge in [-0.2, -0.15) is 0 Å². The summed E-state index contributed by atoms with van der Waals surface area (Å²) in [6, 6.07) is 7.02. The normalized spacial score (nSPS) is 21.0. The van der Waals surface area contributed by atoms with Crippen LogP contribution in [0.5, 0.6) is 0 Å². The lowest BCUT2D eigenvalue weighted by molar-refractivity contribution is 0.0162. The van der Waals surface area contributed by atoms with Gasteiger partial charge in [0.2, 0.25) is 0 Å². The molecule has 0 unspecified atom stereocenters. The van der Waals surface area contributed by atoms with Gasteiger partial charge in [-0.25, -0.2) is 13.6 Å². The molecule has 3 rings (SSSR count). The number of carbonyl (C=O) groups excluding carboxylic acids is 1. The second-order valence-electron chi connectivity index (χ2n) is 6.66. The van der Waals surface area contributed by atoms with Crippen molar-refractivity contribution in [1.82, 2.24) is 0 Å². The predicted molar refractivity (Wildman–Crippen MR) is 89.9 cm³/mol. The van der Waals surface area contributed by atoms with Crippen molar-refractivity contribution in [2.45, 2.75) is 51.6 Å². The first-order valence-electron chi connectivity index (χ1n) is 8.66. The van der Waals surface area contributed by atoms with Gasteiger partial charge in [-0.3, -0.25) is 0 Å². The molecule has 2 aromatic carbocycles. The molecule has 0 aromatic heterocycles. The van der Waals surface area contributed by atoms with Crippen molar-refractivity contribution in [3.8, 4) is 0 Å². The Balaban J connectivity index is 1.67. The molecule has 0 amide bonds. The SMILES string of the molecule is CCCC1CCC(OC(=O)c2ccc3cc(F)c(F)cc3c2)CC1. The highest BCUT2D eigenvalue weighted by Crippen LogP contribution is 2.30. The molecule has 1 saturated carbocycles. The van der Waals surface area contributed by atoms with Crippen molar-refractivity contribution in [2.24, 2.45) is 5.92 Å². The number of carbonyl (C=O) groups is 1. The average Bonchev–Trinajstić information content (AvgIpc) is 2.57. The molecule has 1 aliphatic rings. The summed E-state index contributed by atoms with van der Waals surface area (Å²) in [7, 11) is 0. The zero-order valence-corrected chi connectivity index (χ0v) is 13.9. The van der Waals surface area contributed by atoms with Gasteiger partial charge in [0, 0.05) is 0 Å². The molecule has 0 aliphatic heterocycles. The maximum Gasteiger partial charge on any atom is 0.338 e. The second kappa shape index (κ2) is 7.29. The van der Waals surface area contributed by atoms with Gasteiger partial charge >= 0.3 is 5.97 Å². The summed E-state index contributed by atoms with van der Waals surface area (Å²) in [4.78, 5) is 12.3. The average molecular weight is 332 g/mol. The van der Waals surface area contributed by atoms with Gasteiger partial charge in [-0.05, 0) is 66.6 Å². The first-order chi connectivity index (χ1) is 11.6. The molecule has 1 aliphatic carbocycles. The monoisotopic (exact) mass is 332 g/mol. The third-order valence-electron chi connectivity index (χ3n) is 4.88. The fraction of sp³-hybridized carbons (Fsp3) is 0.450. The maximum absolute atomic E-state index is 13.4. The molecule has 0 radical (unpaired) electrons. The van der Waals surface area contributed by atoms with Crippen LogP contribution in [0.2, 0.25) is 0 Å². The van der Waals surface area contributed by atoms with Gasteiger partial charge in [-0.1, -0.05) is 25.8 Å². The van der Waals surface area contributed by atoms with Crippen molar-refractivity contribution < 1.29 is 18.3 Å². The predicted octanol–water partition coefficient (Wildman–Crippen LogP) is 5.63. The second-order valence-corrected chi connectivity index (χ2v) is 6.66. The minimum atomic E-state index is -0.915. The standard InChI is InChI=1S/C20H22F2O2/c1-2-3-13-4-8-17(9-5-13)24-20(23)15-7-6-14-11-18(21)19(22)12-16(14)10-15/h6-7,10-13,17H,2-5,8-9H2,1H3. The zero-order valence-electron chi connectivity index (χ0n) is 13.9. The summed E-state index contributed by atoms with van der Waals surface area (Å²) in [5.74, 6) is -1.44. The van der Waals surface area contributed by atoms with Gasteiger partial charge in [0.25, 0.3) is 0 Å². The quantitative estimate of drug-likeness (QED) is 0.678. The van der Waals surface area contributed by atoms with Crippen LogP contribution in [-0.2, 0) is 4.74 Å². The van der Waals surface area contributed by atoms with Gasteiger partial charge in [0.05, 0.1) is 5.56 Å². The van der Waals surface area contributed by atoms with E-state index in [1.54, 1.807) is 18.2 Å². The van der Waals surface area contributed by atoms with Crippen LogP contribution in [0.25, 0.3) is 10.8 Å². The van der Waals surface area contributed by atoms with E-state index in [-0.39, 0.29) is 12.1 Å². The van der Waals surface area contributed by atoms with Crippen LogP contribution in [0.3, 0.4) is 0 Å². The van der Waals surface area contributed by atoms with Crippen LogP contribution in [0.1, 0.15) is 55.8 Å². The van der Waals surface area contributed by atoms with E-state index in [9.17, 15) is 13.6 Å². The van der Waals surface area contributed by atoms with E-state index >= 15 is 0 Å². The molecule has 0 saturated heterocycles. The highest BCUT2D eigenvalue weighted by Gasteiger charge is 2.24. The maximum atomic E-state index is 13.4. The Labute approximate surface area is 140 Å². The third kappa shape index (κ3) is 3.74. The number of halogens is 2. The molecule has 4 heteroatoms. The largest absolute Gasteiger partial charge is 0.459 e. The van der Waals surface area contributed by atoms with Gasteiger partial charge < -0.3 is 4.74 Å². The number of rotatable bonds is 4. The van der Waals surface area contributed by atoms with Crippen LogP contribution in [0.15, 0.2) is 30.3 Å². The van der Waals surface area contributed by atoms with Gasteiger partial charge in [0.1, 0.15) is 6.10 Å². The molecule has 0 heterocycles. The van der Waals surface area contributed by atoms with Crippen LogP contribution < -0.4 is 0 Å². The number of benzene rings is 2. The summed E-state index contributed by atoms with van der Waals surface area (Å²) < 4.78 is 32.2. The molecule has 2 nitrogen and oxygen atoms in total.